The van der Waals surface area contributed by atoms with Crippen molar-refractivity contribution in [1.29, 1.82) is 0 Å². The summed E-state index contributed by atoms with van der Waals surface area (Å²) in [6.45, 7) is 2.08. The summed E-state index contributed by atoms with van der Waals surface area (Å²) in [6, 6.07) is 0. The Bertz CT molecular complexity index is 255. The van der Waals surface area contributed by atoms with Crippen LogP contribution in [-0.2, 0) is 4.79 Å². The molecule has 16 heavy (non-hydrogen) atoms. The fourth-order valence-corrected chi connectivity index (χ4v) is 2.38. The van der Waals surface area contributed by atoms with Gasteiger partial charge in [0, 0.05) is 32.5 Å². The molecule has 0 aliphatic carbocycles. The third kappa shape index (κ3) is 2.70. The van der Waals surface area contributed by atoms with Crippen LogP contribution in [0.2, 0.25) is 0 Å². The van der Waals surface area contributed by atoms with E-state index in [9.17, 15) is 13.6 Å². The molecule has 2 aliphatic rings. The Kier molecular flexibility index (Phi) is 3.42. The smallest absolute Gasteiger partial charge is 0.251 e. The number of hydrogen-bond acceptors (Lipinski definition) is 2. The quantitative estimate of drug-likeness (QED) is 0.738. The summed E-state index contributed by atoms with van der Waals surface area (Å²) < 4.78 is 25.9. The van der Waals surface area contributed by atoms with Crippen molar-refractivity contribution in [3.8, 4) is 0 Å². The van der Waals surface area contributed by atoms with Gasteiger partial charge in [0.05, 0.1) is 5.92 Å². The van der Waals surface area contributed by atoms with Crippen LogP contribution < -0.4 is 5.32 Å². The highest BCUT2D eigenvalue weighted by molar-refractivity contribution is 5.79. The highest BCUT2D eigenvalue weighted by atomic mass is 19.3. The van der Waals surface area contributed by atoms with Gasteiger partial charge < -0.3 is 10.2 Å². The largest absolute Gasteiger partial charge is 0.342 e. The number of nitrogens with zero attached hydrogens (tertiary/aromatic N) is 1. The van der Waals surface area contributed by atoms with Gasteiger partial charge in [0.1, 0.15) is 0 Å². The van der Waals surface area contributed by atoms with Crippen molar-refractivity contribution in [2.45, 2.75) is 31.6 Å². The van der Waals surface area contributed by atoms with Crippen LogP contribution >= 0.6 is 0 Å². The molecule has 2 saturated heterocycles. The minimum absolute atomic E-state index is 0.000437. The van der Waals surface area contributed by atoms with E-state index in [0.717, 1.165) is 19.4 Å². The molecule has 2 heterocycles. The van der Waals surface area contributed by atoms with Crippen molar-refractivity contribution in [2.24, 2.45) is 5.92 Å². The molecule has 5 heteroatoms. The normalized spacial score (nSPS) is 30.1. The number of halogens is 2. The first-order chi connectivity index (χ1) is 7.58. The van der Waals surface area contributed by atoms with Crippen LogP contribution in [0.1, 0.15) is 25.7 Å². The van der Waals surface area contributed by atoms with Crippen molar-refractivity contribution in [2.75, 3.05) is 26.2 Å². The number of rotatable bonds is 1. The van der Waals surface area contributed by atoms with Crippen LogP contribution in [-0.4, -0.2) is 42.9 Å². The van der Waals surface area contributed by atoms with Gasteiger partial charge in [0.2, 0.25) is 5.91 Å². The topological polar surface area (TPSA) is 32.3 Å². The van der Waals surface area contributed by atoms with E-state index in [0.29, 0.717) is 6.54 Å². The average molecular weight is 232 g/mol. The SMILES string of the molecule is O=C(C1CCCNC1)N1CCC(F)(F)CC1. The Morgan fingerprint density at radius 2 is 2.00 bits per heavy atom. The van der Waals surface area contributed by atoms with Gasteiger partial charge >= 0.3 is 0 Å². The van der Waals surface area contributed by atoms with Gasteiger partial charge in [-0.15, -0.1) is 0 Å². The molecule has 0 aromatic carbocycles. The molecule has 0 saturated carbocycles. The second kappa shape index (κ2) is 4.65. The maximum Gasteiger partial charge on any atom is 0.251 e. The van der Waals surface area contributed by atoms with Gasteiger partial charge in [0.15, 0.2) is 0 Å². The number of hydrogen-bond donors (Lipinski definition) is 1. The summed E-state index contributed by atoms with van der Waals surface area (Å²) in [4.78, 5) is 13.6. The van der Waals surface area contributed by atoms with E-state index in [1.807, 2.05) is 0 Å². The molecule has 0 radical (unpaired) electrons. The number of nitrogens with one attached hydrogen (secondary N) is 1. The van der Waals surface area contributed by atoms with E-state index in [4.69, 9.17) is 0 Å². The van der Waals surface area contributed by atoms with Crippen molar-refractivity contribution in [3.63, 3.8) is 0 Å². The maximum atomic E-state index is 12.9. The monoisotopic (exact) mass is 232 g/mol. The lowest BCUT2D eigenvalue weighted by Gasteiger charge is -2.35. The van der Waals surface area contributed by atoms with Gasteiger partial charge in [0.25, 0.3) is 5.92 Å². The number of alkyl halides is 2. The lowest BCUT2D eigenvalue weighted by Crippen LogP contribution is -2.48. The molecule has 2 rings (SSSR count). The summed E-state index contributed by atoms with van der Waals surface area (Å²) in [5, 5.41) is 3.18. The van der Waals surface area contributed by atoms with E-state index >= 15 is 0 Å². The molecule has 2 fully saturated rings. The second-order valence-electron chi connectivity index (χ2n) is 4.72. The van der Waals surface area contributed by atoms with Gasteiger partial charge in [-0.3, -0.25) is 4.79 Å². The summed E-state index contributed by atoms with van der Waals surface area (Å²) in [6.07, 6.45) is 1.52. The molecule has 2 aliphatic heterocycles. The Balaban J connectivity index is 1.86. The van der Waals surface area contributed by atoms with Gasteiger partial charge in [-0.25, -0.2) is 8.78 Å². The van der Waals surface area contributed by atoms with Crippen molar-refractivity contribution in [3.05, 3.63) is 0 Å². The average Bonchev–Trinajstić information content (AvgIpc) is 2.29. The fourth-order valence-electron chi connectivity index (χ4n) is 2.38. The Morgan fingerprint density at radius 3 is 2.56 bits per heavy atom. The van der Waals surface area contributed by atoms with Gasteiger partial charge in [-0.05, 0) is 19.4 Å². The highest BCUT2D eigenvalue weighted by Gasteiger charge is 2.37. The van der Waals surface area contributed by atoms with Gasteiger partial charge in [-0.1, -0.05) is 0 Å². The van der Waals surface area contributed by atoms with E-state index in [1.54, 1.807) is 4.90 Å². The molecule has 0 spiro atoms. The number of carbonyl (C=O) groups excluding carboxylic acids is 1. The maximum absolute atomic E-state index is 12.9. The first-order valence-corrected chi connectivity index (χ1v) is 5.96. The Labute approximate surface area is 94.2 Å². The third-order valence-electron chi connectivity index (χ3n) is 3.45. The Hall–Kier alpha value is -0.710. The second-order valence-corrected chi connectivity index (χ2v) is 4.72. The zero-order valence-corrected chi connectivity index (χ0v) is 9.35. The number of likely N-dealkylation sites (tertiary alicyclic amines) is 1. The molecule has 0 aromatic rings. The van der Waals surface area contributed by atoms with Crippen LogP contribution in [0.25, 0.3) is 0 Å². The molecule has 3 nitrogen and oxygen atoms in total. The molecular weight excluding hydrogens is 214 g/mol. The van der Waals surface area contributed by atoms with E-state index < -0.39 is 5.92 Å². The zero-order chi connectivity index (χ0) is 11.6. The molecule has 0 bridgehead atoms. The third-order valence-corrected chi connectivity index (χ3v) is 3.45. The minimum Gasteiger partial charge on any atom is -0.342 e. The van der Waals surface area contributed by atoms with Crippen molar-refractivity contribution < 1.29 is 13.6 Å². The number of piperidine rings is 2. The first-order valence-electron chi connectivity index (χ1n) is 5.96. The van der Waals surface area contributed by atoms with Crippen LogP contribution in [0.3, 0.4) is 0 Å². The molecule has 0 aromatic heterocycles. The standard InChI is InChI=1S/C11H18F2N2O/c12-11(13)3-6-15(7-4-11)10(16)9-2-1-5-14-8-9/h9,14H,1-8H2. The molecule has 1 unspecified atom stereocenters. The molecule has 1 N–H and O–H groups in total. The summed E-state index contributed by atoms with van der Waals surface area (Å²) in [5.41, 5.74) is 0. The molecular formula is C11H18F2N2O. The molecule has 92 valence electrons. The predicted molar refractivity (Wildman–Crippen MR) is 56.4 cm³/mol. The van der Waals surface area contributed by atoms with Crippen LogP contribution in [0.5, 0.6) is 0 Å². The van der Waals surface area contributed by atoms with E-state index in [-0.39, 0.29) is 37.8 Å². The van der Waals surface area contributed by atoms with Crippen molar-refractivity contribution >= 4 is 5.91 Å². The van der Waals surface area contributed by atoms with Crippen LogP contribution in [0, 0.1) is 5.92 Å². The fraction of sp³-hybridized carbons (Fsp3) is 0.909. The van der Waals surface area contributed by atoms with E-state index in [1.165, 1.54) is 0 Å². The molecule has 1 amide bonds. The summed E-state index contributed by atoms with van der Waals surface area (Å²) in [7, 11) is 0. The van der Waals surface area contributed by atoms with E-state index in [2.05, 4.69) is 5.32 Å². The highest BCUT2D eigenvalue weighted by Crippen LogP contribution is 2.28. The lowest BCUT2D eigenvalue weighted by atomic mass is 9.96. The first kappa shape index (κ1) is 11.8. The molecule has 1 atom stereocenters. The Morgan fingerprint density at radius 1 is 1.31 bits per heavy atom. The summed E-state index contributed by atoms with van der Waals surface area (Å²) in [5.74, 6) is -2.51. The lowest BCUT2D eigenvalue weighted by molar-refractivity contribution is -0.142. The van der Waals surface area contributed by atoms with Crippen LogP contribution in [0.15, 0.2) is 0 Å². The zero-order valence-electron chi connectivity index (χ0n) is 9.35. The minimum atomic E-state index is -2.57. The number of carbonyl (C=O) groups is 1. The predicted octanol–water partition coefficient (Wildman–Crippen LogP) is 1.24. The van der Waals surface area contributed by atoms with Crippen LogP contribution in [0.4, 0.5) is 8.78 Å². The summed E-state index contributed by atoms with van der Waals surface area (Å²) >= 11 is 0. The van der Waals surface area contributed by atoms with Gasteiger partial charge in [-0.2, -0.15) is 0 Å². The number of amides is 1. The van der Waals surface area contributed by atoms with Crippen molar-refractivity contribution in [1.82, 2.24) is 10.2 Å².